The van der Waals surface area contributed by atoms with Crippen LogP contribution in [0.15, 0.2) is 63.9 Å². The number of anilines is 1. The molecule has 4 aromatic rings. The first-order chi connectivity index (χ1) is 15.7. The van der Waals surface area contributed by atoms with E-state index in [0.717, 1.165) is 17.1 Å². The van der Waals surface area contributed by atoms with Crippen LogP contribution in [0.3, 0.4) is 0 Å². The smallest absolute Gasteiger partial charge is 0.449 e. The minimum absolute atomic E-state index is 0.0378. The Hall–Kier alpha value is -3.75. The summed E-state index contributed by atoms with van der Waals surface area (Å²) >= 11 is 0. The van der Waals surface area contributed by atoms with E-state index in [1.165, 1.54) is 11.0 Å². The normalized spacial score (nSPS) is 19.6. The SMILES string of the molecule is Cn1ccc2c(=O)n3c(cc21)C1(CC3)C(=O)N(Cc2ccc(C(F)(F)F)o2)c2ccccc21. The predicted molar refractivity (Wildman–Crippen MR) is 114 cm³/mol. The molecular formula is C24H18F3N3O3. The van der Waals surface area contributed by atoms with Crippen LogP contribution in [0.25, 0.3) is 10.9 Å². The van der Waals surface area contributed by atoms with Crippen molar-refractivity contribution in [3.8, 4) is 0 Å². The Balaban J connectivity index is 1.51. The molecule has 33 heavy (non-hydrogen) atoms. The summed E-state index contributed by atoms with van der Waals surface area (Å²) in [6.07, 6.45) is -2.39. The van der Waals surface area contributed by atoms with E-state index in [1.54, 1.807) is 29.0 Å². The summed E-state index contributed by atoms with van der Waals surface area (Å²) in [6.45, 7) is 0.246. The molecule has 1 atom stereocenters. The van der Waals surface area contributed by atoms with Crippen LogP contribution in [-0.4, -0.2) is 15.0 Å². The third-order valence-corrected chi connectivity index (χ3v) is 6.83. The average Bonchev–Trinajstić information content (AvgIpc) is 3.53. The standard InChI is InChI=1S/C24H18F3N3O3/c1-28-10-8-15-18(28)12-19-23(9-11-29(19)21(15)31)16-4-2-3-5-17(16)30(22(23)32)13-14-6-7-20(33-14)24(25,26)27/h2-8,10,12H,9,11,13H2,1H3. The van der Waals surface area contributed by atoms with Crippen molar-refractivity contribution >= 4 is 22.5 Å². The summed E-state index contributed by atoms with van der Waals surface area (Å²) < 4.78 is 47.5. The molecule has 6 nitrogen and oxygen atoms in total. The third-order valence-electron chi connectivity index (χ3n) is 6.83. The topological polar surface area (TPSA) is 60.4 Å². The number of carbonyl (C=O) groups is 1. The Kier molecular flexibility index (Phi) is 3.86. The Labute approximate surface area is 185 Å². The average molecular weight is 453 g/mol. The number of rotatable bonds is 2. The molecule has 5 heterocycles. The molecule has 1 amide bonds. The molecule has 0 N–H and O–H groups in total. The van der Waals surface area contributed by atoms with E-state index in [0.29, 0.717) is 29.7 Å². The quantitative estimate of drug-likeness (QED) is 0.457. The number of para-hydroxylation sites is 1. The molecule has 6 rings (SSSR count). The third kappa shape index (κ3) is 2.56. The summed E-state index contributed by atoms with van der Waals surface area (Å²) in [7, 11) is 1.84. The van der Waals surface area contributed by atoms with Gasteiger partial charge in [-0.05, 0) is 42.3 Å². The molecule has 0 aliphatic carbocycles. The van der Waals surface area contributed by atoms with Gasteiger partial charge in [0.2, 0.25) is 11.7 Å². The number of nitrogens with zero attached hydrogens (tertiary/aromatic N) is 3. The fraction of sp³-hybridized carbons (Fsp3) is 0.250. The highest BCUT2D eigenvalue weighted by Gasteiger charge is 2.56. The van der Waals surface area contributed by atoms with Gasteiger partial charge in [0.05, 0.1) is 17.4 Å². The first kappa shape index (κ1) is 19.9. The second-order valence-electron chi connectivity index (χ2n) is 8.54. The maximum absolute atomic E-state index is 14.0. The molecule has 0 saturated carbocycles. The van der Waals surface area contributed by atoms with Crippen molar-refractivity contribution in [1.29, 1.82) is 0 Å². The lowest BCUT2D eigenvalue weighted by atomic mass is 9.77. The minimum atomic E-state index is -4.60. The van der Waals surface area contributed by atoms with Crippen LogP contribution in [0, 0.1) is 0 Å². The van der Waals surface area contributed by atoms with E-state index < -0.39 is 17.4 Å². The fourth-order valence-electron chi connectivity index (χ4n) is 5.29. The van der Waals surface area contributed by atoms with Gasteiger partial charge in [-0.3, -0.25) is 9.59 Å². The summed E-state index contributed by atoms with van der Waals surface area (Å²) in [5, 5.41) is 0.587. The number of carbonyl (C=O) groups excluding carboxylic acids is 1. The van der Waals surface area contributed by atoms with Gasteiger partial charge in [0.25, 0.3) is 5.56 Å². The molecule has 1 aromatic carbocycles. The zero-order chi connectivity index (χ0) is 23.1. The van der Waals surface area contributed by atoms with Crippen molar-refractivity contribution in [3.63, 3.8) is 0 Å². The number of alkyl halides is 3. The lowest BCUT2D eigenvalue weighted by Crippen LogP contribution is -2.40. The number of furan rings is 1. The van der Waals surface area contributed by atoms with Gasteiger partial charge in [-0.25, -0.2) is 0 Å². The fourth-order valence-corrected chi connectivity index (χ4v) is 5.29. The van der Waals surface area contributed by atoms with Crippen molar-refractivity contribution in [2.45, 2.75) is 31.1 Å². The number of pyridine rings is 1. The van der Waals surface area contributed by atoms with Crippen molar-refractivity contribution in [2.24, 2.45) is 7.05 Å². The van der Waals surface area contributed by atoms with Gasteiger partial charge in [0, 0.05) is 31.2 Å². The van der Waals surface area contributed by atoms with Crippen molar-refractivity contribution < 1.29 is 22.4 Å². The molecule has 168 valence electrons. The molecule has 9 heteroatoms. The van der Waals surface area contributed by atoms with Crippen LogP contribution in [0.1, 0.15) is 29.2 Å². The number of amides is 1. The van der Waals surface area contributed by atoms with Crippen LogP contribution in [0.5, 0.6) is 0 Å². The summed E-state index contributed by atoms with van der Waals surface area (Å²) in [4.78, 5) is 28.6. The zero-order valence-electron chi connectivity index (χ0n) is 17.5. The Bertz CT molecular complexity index is 1510. The number of hydrogen-bond acceptors (Lipinski definition) is 3. The van der Waals surface area contributed by atoms with Crippen LogP contribution in [0.4, 0.5) is 18.9 Å². The monoisotopic (exact) mass is 453 g/mol. The molecule has 0 fully saturated rings. The van der Waals surface area contributed by atoms with Gasteiger partial charge in [0.1, 0.15) is 11.2 Å². The molecule has 1 spiro atoms. The minimum Gasteiger partial charge on any atom is -0.455 e. The number of hydrogen-bond donors (Lipinski definition) is 0. The number of halogens is 3. The maximum atomic E-state index is 14.0. The van der Waals surface area contributed by atoms with Crippen molar-refractivity contribution in [1.82, 2.24) is 9.13 Å². The van der Waals surface area contributed by atoms with Gasteiger partial charge in [-0.15, -0.1) is 0 Å². The van der Waals surface area contributed by atoms with E-state index in [4.69, 9.17) is 4.42 Å². The summed E-state index contributed by atoms with van der Waals surface area (Å²) in [5.41, 5.74) is 1.48. The highest BCUT2D eigenvalue weighted by atomic mass is 19.4. The number of benzene rings is 1. The molecule has 2 aliphatic rings. The van der Waals surface area contributed by atoms with Gasteiger partial charge >= 0.3 is 6.18 Å². The lowest BCUT2D eigenvalue weighted by molar-refractivity contribution is -0.153. The van der Waals surface area contributed by atoms with Gasteiger partial charge in [0.15, 0.2) is 0 Å². The molecule has 0 radical (unpaired) electrons. The molecule has 0 saturated heterocycles. The Morgan fingerprint density at radius 3 is 2.64 bits per heavy atom. The van der Waals surface area contributed by atoms with E-state index in [1.807, 2.05) is 29.8 Å². The van der Waals surface area contributed by atoms with Crippen molar-refractivity contribution in [3.05, 3.63) is 87.9 Å². The Morgan fingerprint density at radius 2 is 1.88 bits per heavy atom. The molecule has 3 aromatic heterocycles. The number of fused-ring (bicyclic) bond motifs is 5. The summed E-state index contributed by atoms with van der Waals surface area (Å²) in [5.74, 6) is -1.33. The van der Waals surface area contributed by atoms with Gasteiger partial charge in [-0.2, -0.15) is 13.2 Å². The van der Waals surface area contributed by atoms with Gasteiger partial charge < -0.3 is 18.5 Å². The molecular weight excluding hydrogens is 435 g/mol. The van der Waals surface area contributed by atoms with Crippen LogP contribution in [0.2, 0.25) is 0 Å². The van der Waals surface area contributed by atoms with Gasteiger partial charge in [-0.1, -0.05) is 18.2 Å². The summed E-state index contributed by atoms with van der Waals surface area (Å²) in [6, 6.07) is 13.0. The van der Waals surface area contributed by atoms with Crippen LogP contribution < -0.4 is 10.5 Å². The zero-order valence-corrected chi connectivity index (χ0v) is 17.5. The molecule has 2 aliphatic heterocycles. The second-order valence-corrected chi connectivity index (χ2v) is 8.54. The highest BCUT2D eigenvalue weighted by Crippen LogP contribution is 2.51. The largest absolute Gasteiger partial charge is 0.455 e. The maximum Gasteiger partial charge on any atom is 0.449 e. The molecule has 0 bridgehead atoms. The predicted octanol–water partition coefficient (Wildman–Crippen LogP) is 4.19. The second kappa shape index (κ2) is 6.40. The first-order valence-electron chi connectivity index (χ1n) is 10.5. The van der Waals surface area contributed by atoms with Crippen molar-refractivity contribution in [2.75, 3.05) is 4.90 Å². The number of aromatic nitrogens is 2. The first-order valence-corrected chi connectivity index (χ1v) is 10.5. The lowest BCUT2D eigenvalue weighted by Gasteiger charge is -2.24. The highest BCUT2D eigenvalue weighted by molar-refractivity contribution is 6.10. The van der Waals surface area contributed by atoms with E-state index in [-0.39, 0.29) is 23.8 Å². The van der Waals surface area contributed by atoms with Crippen LogP contribution in [-0.2, 0) is 36.5 Å². The number of aryl methyl sites for hydroxylation is 1. The Morgan fingerprint density at radius 1 is 1.09 bits per heavy atom. The molecule has 1 unspecified atom stereocenters. The van der Waals surface area contributed by atoms with E-state index in [2.05, 4.69) is 0 Å². The van der Waals surface area contributed by atoms with Crippen LogP contribution >= 0.6 is 0 Å². The van der Waals surface area contributed by atoms with E-state index >= 15 is 0 Å². The van der Waals surface area contributed by atoms with E-state index in [9.17, 15) is 22.8 Å².